The summed E-state index contributed by atoms with van der Waals surface area (Å²) in [4.78, 5) is 14.3. The van der Waals surface area contributed by atoms with Gasteiger partial charge in [0.05, 0.1) is 6.10 Å². The van der Waals surface area contributed by atoms with Gasteiger partial charge in [0.25, 0.3) is 5.91 Å². The Morgan fingerprint density at radius 1 is 1.53 bits per heavy atom. The Morgan fingerprint density at radius 3 is 2.89 bits per heavy atom. The quantitative estimate of drug-likeness (QED) is 0.905. The molecule has 4 nitrogen and oxygen atoms in total. The van der Waals surface area contributed by atoms with Gasteiger partial charge in [-0.2, -0.15) is 0 Å². The second-order valence-electron chi connectivity index (χ2n) is 4.96. The van der Waals surface area contributed by atoms with Crippen molar-refractivity contribution >= 4 is 11.6 Å². The highest BCUT2D eigenvalue weighted by molar-refractivity contribution is 5.95. The maximum atomic E-state index is 12.4. The lowest BCUT2D eigenvalue weighted by molar-refractivity contribution is 0.0724. The molecule has 0 aromatic heterocycles. The van der Waals surface area contributed by atoms with Crippen molar-refractivity contribution in [2.75, 3.05) is 32.1 Å². The summed E-state index contributed by atoms with van der Waals surface area (Å²) in [7, 11) is 1.70. The number of nitrogens with one attached hydrogen (secondary N) is 1. The Bertz CT molecular complexity index is 459. The first-order chi connectivity index (χ1) is 9.15. The third-order valence-electron chi connectivity index (χ3n) is 3.61. The third kappa shape index (κ3) is 3.07. The molecule has 1 N–H and O–H groups in total. The van der Waals surface area contributed by atoms with E-state index in [2.05, 4.69) is 12.2 Å². The smallest absolute Gasteiger partial charge is 0.253 e. The SMILES string of the molecule is CCNc1ccc(C(=O)N2CCC(OC)C2)cc1C. The van der Waals surface area contributed by atoms with Crippen molar-refractivity contribution in [2.24, 2.45) is 0 Å². The minimum atomic E-state index is 0.102. The lowest BCUT2D eigenvalue weighted by Crippen LogP contribution is -2.30. The summed E-state index contributed by atoms with van der Waals surface area (Å²) in [6.45, 7) is 6.45. The van der Waals surface area contributed by atoms with Crippen LogP contribution in [0.5, 0.6) is 0 Å². The zero-order chi connectivity index (χ0) is 13.8. The first kappa shape index (κ1) is 13.9. The summed E-state index contributed by atoms with van der Waals surface area (Å²) in [6, 6.07) is 5.84. The van der Waals surface area contributed by atoms with Gasteiger partial charge in [0.2, 0.25) is 0 Å². The first-order valence-corrected chi connectivity index (χ1v) is 6.82. The highest BCUT2D eigenvalue weighted by Gasteiger charge is 2.26. The number of ether oxygens (including phenoxy) is 1. The zero-order valence-corrected chi connectivity index (χ0v) is 11.9. The molecule has 1 aromatic carbocycles. The van der Waals surface area contributed by atoms with E-state index in [-0.39, 0.29) is 12.0 Å². The number of carbonyl (C=O) groups is 1. The number of amides is 1. The molecule has 2 rings (SSSR count). The molecule has 1 fully saturated rings. The predicted molar refractivity (Wildman–Crippen MR) is 76.7 cm³/mol. The van der Waals surface area contributed by atoms with Gasteiger partial charge in [-0.3, -0.25) is 4.79 Å². The fourth-order valence-electron chi connectivity index (χ4n) is 2.47. The maximum Gasteiger partial charge on any atom is 0.253 e. The lowest BCUT2D eigenvalue weighted by Gasteiger charge is -2.17. The largest absolute Gasteiger partial charge is 0.385 e. The van der Waals surface area contributed by atoms with Crippen LogP contribution in [0.3, 0.4) is 0 Å². The number of rotatable bonds is 4. The standard InChI is InChI=1S/C15H22N2O2/c1-4-16-14-6-5-12(9-11(14)2)15(18)17-8-7-13(10-17)19-3/h5-6,9,13,16H,4,7-8,10H2,1-3H3. The van der Waals surface area contributed by atoms with Crippen molar-refractivity contribution in [1.29, 1.82) is 0 Å². The van der Waals surface area contributed by atoms with Gasteiger partial charge in [-0.15, -0.1) is 0 Å². The minimum absolute atomic E-state index is 0.102. The molecule has 0 bridgehead atoms. The molecule has 1 amide bonds. The van der Waals surface area contributed by atoms with E-state index in [1.807, 2.05) is 30.0 Å². The summed E-state index contributed by atoms with van der Waals surface area (Å²) >= 11 is 0. The highest BCUT2D eigenvalue weighted by atomic mass is 16.5. The fraction of sp³-hybridized carbons (Fsp3) is 0.533. The van der Waals surface area contributed by atoms with Crippen LogP contribution in [0.1, 0.15) is 29.3 Å². The summed E-state index contributed by atoms with van der Waals surface area (Å²) in [5, 5.41) is 3.28. The summed E-state index contributed by atoms with van der Waals surface area (Å²) < 4.78 is 5.30. The van der Waals surface area contributed by atoms with Crippen molar-refractivity contribution in [2.45, 2.75) is 26.4 Å². The van der Waals surface area contributed by atoms with Crippen LogP contribution in [0.2, 0.25) is 0 Å². The van der Waals surface area contributed by atoms with E-state index >= 15 is 0 Å². The molecule has 0 spiro atoms. The Kier molecular flexibility index (Phi) is 4.43. The van der Waals surface area contributed by atoms with Gasteiger partial charge in [-0.1, -0.05) is 0 Å². The fourth-order valence-corrected chi connectivity index (χ4v) is 2.47. The number of likely N-dealkylation sites (tertiary alicyclic amines) is 1. The number of nitrogens with zero attached hydrogens (tertiary/aromatic N) is 1. The van der Waals surface area contributed by atoms with Gasteiger partial charge >= 0.3 is 0 Å². The van der Waals surface area contributed by atoms with Crippen molar-refractivity contribution in [3.05, 3.63) is 29.3 Å². The van der Waals surface area contributed by atoms with E-state index in [0.717, 1.165) is 36.3 Å². The normalized spacial score (nSPS) is 18.7. The molecule has 1 heterocycles. The molecular formula is C15H22N2O2. The molecule has 0 saturated carbocycles. The number of methoxy groups -OCH3 is 1. The number of aryl methyl sites for hydroxylation is 1. The molecule has 1 atom stereocenters. The van der Waals surface area contributed by atoms with Crippen LogP contribution in [0.15, 0.2) is 18.2 Å². The van der Waals surface area contributed by atoms with E-state index in [4.69, 9.17) is 4.74 Å². The number of benzene rings is 1. The van der Waals surface area contributed by atoms with Crippen molar-refractivity contribution in [3.8, 4) is 0 Å². The van der Waals surface area contributed by atoms with Gasteiger partial charge in [0.15, 0.2) is 0 Å². The van der Waals surface area contributed by atoms with Gasteiger partial charge in [-0.25, -0.2) is 0 Å². The second-order valence-corrected chi connectivity index (χ2v) is 4.96. The average molecular weight is 262 g/mol. The molecule has 1 saturated heterocycles. The van der Waals surface area contributed by atoms with E-state index in [1.165, 1.54) is 0 Å². The maximum absolute atomic E-state index is 12.4. The number of hydrogen-bond donors (Lipinski definition) is 1. The van der Waals surface area contributed by atoms with E-state index < -0.39 is 0 Å². The number of anilines is 1. The minimum Gasteiger partial charge on any atom is -0.385 e. The Balaban J connectivity index is 2.09. The van der Waals surface area contributed by atoms with Gasteiger partial charge < -0.3 is 15.0 Å². The third-order valence-corrected chi connectivity index (χ3v) is 3.61. The van der Waals surface area contributed by atoms with Crippen LogP contribution < -0.4 is 5.32 Å². The molecular weight excluding hydrogens is 240 g/mol. The summed E-state index contributed by atoms with van der Waals surface area (Å²) in [5.41, 5.74) is 2.96. The number of carbonyl (C=O) groups excluding carboxylic acids is 1. The molecule has 1 aromatic rings. The predicted octanol–water partition coefficient (Wildman–Crippen LogP) is 2.29. The Morgan fingerprint density at radius 2 is 2.32 bits per heavy atom. The Labute approximate surface area is 114 Å². The van der Waals surface area contributed by atoms with E-state index in [9.17, 15) is 4.79 Å². The van der Waals surface area contributed by atoms with Crippen molar-refractivity contribution in [1.82, 2.24) is 4.90 Å². The highest BCUT2D eigenvalue weighted by Crippen LogP contribution is 2.20. The molecule has 4 heteroatoms. The average Bonchev–Trinajstić information content (AvgIpc) is 2.89. The van der Waals surface area contributed by atoms with E-state index in [1.54, 1.807) is 7.11 Å². The molecule has 1 unspecified atom stereocenters. The first-order valence-electron chi connectivity index (χ1n) is 6.82. The molecule has 0 aliphatic carbocycles. The topological polar surface area (TPSA) is 41.6 Å². The van der Waals surface area contributed by atoms with Crippen LogP contribution in [-0.4, -0.2) is 43.7 Å². The second kappa shape index (κ2) is 6.06. The molecule has 104 valence electrons. The summed E-state index contributed by atoms with van der Waals surface area (Å²) in [5.74, 6) is 0.102. The molecule has 1 aliphatic rings. The van der Waals surface area contributed by atoms with E-state index in [0.29, 0.717) is 6.54 Å². The van der Waals surface area contributed by atoms with Crippen LogP contribution in [0, 0.1) is 6.92 Å². The van der Waals surface area contributed by atoms with Crippen LogP contribution in [0.4, 0.5) is 5.69 Å². The van der Waals surface area contributed by atoms with Crippen LogP contribution in [0.25, 0.3) is 0 Å². The Hall–Kier alpha value is -1.55. The van der Waals surface area contributed by atoms with Crippen LogP contribution >= 0.6 is 0 Å². The molecule has 19 heavy (non-hydrogen) atoms. The summed E-state index contributed by atoms with van der Waals surface area (Å²) in [6.07, 6.45) is 1.11. The monoisotopic (exact) mass is 262 g/mol. The van der Waals surface area contributed by atoms with Gasteiger partial charge in [-0.05, 0) is 44.0 Å². The number of hydrogen-bond acceptors (Lipinski definition) is 3. The lowest BCUT2D eigenvalue weighted by atomic mass is 10.1. The van der Waals surface area contributed by atoms with Crippen molar-refractivity contribution in [3.63, 3.8) is 0 Å². The molecule has 0 radical (unpaired) electrons. The zero-order valence-electron chi connectivity index (χ0n) is 11.9. The van der Waals surface area contributed by atoms with Gasteiger partial charge in [0, 0.05) is 38.0 Å². The van der Waals surface area contributed by atoms with Gasteiger partial charge in [0.1, 0.15) is 0 Å². The molecule has 1 aliphatic heterocycles. The van der Waals surface area contributed by atoms with Crippen LogP contribution in [-0.2, 0) is 4.74 Å². The van der Waals surface area contributed by atoms with Crippen molar-refractivity contribution < 1.29 is 9.53 Å².